The standard InChI is InChI=1S/C16H19FN4O3/c1-11-4-5-15(17)16-14(11)3-2-6-19(16)9-13(22)10-20-8-12(7-18-20)21(23)24/h4-5,7-8,13,22H,2-3,6,9-10H2,1H3. The number of aryl methyl sites for hydroxylation is 1. The summed E-state index contributed by atoms with van der Waals surface area (Å²) in [5.41, 5.74) is 2.48. The maximum absolute atomic E-state index is 14.3. The van der Waals surface area contributed by atoms with Crippen LogP contribution in [0.2, 0.25) is 0 Å². The predicted molar refractivity (Wildman–Crippen MR) is 86.6 cm³/mol. The zero-order valence-electron chi connectivity index (χ0n) is 13.4. The molecule has 0 aliphatic carbocycles. The fourth-order valence-electron chi connectivity index (χ4n) is 3.18. The Balaban J connectivity index is 1.72. The number of nitrogens with zero attached hydrogens (tertiary/aromatic N) is 4. The van der Waals surface area contributed by atoms with Crippen molar-refractivity contribution >= 4 is 11.4 Å². The minimum atomic E-state index is -0.810. The highest BCUT2D eigenvalue weighted by Gasteiger charge is 2.24. The number of nitro groups is 1. The van der Waals surface area contributed by atoms with Crippen molar-refractivity contribution in [2.24, 2.45) is 0 Å². The van der Waals surface area contributed by atoms with E-state index in [2.05, 4.69) is 5.10 Å². The number of halogens is 1. The molecule has 128 valence electrons. The largest absolute Gasteiger partial charge is 0.389 e. The number of hydrogen-bond donors (Lipinski definition) is 1. The van der Waals surface area contributed by atoms with Gasteiger partial charge in [0.15, 0.2) is 0 Å². The van der Waals surface area contributed by atoms with Gasteiger partial charge in [-0.3, -0.25) is 14.8 Å². The van der Waals surface area contributed by atoms with Crippen molar-refractivity contribution in [3.05, 3.63) is 51.6 Å². The molecule has 0 saturated carbocycles. The molecule has 1 aliphatic heterocycles. The van der Waals surface area contributed by atoms with Gasteiger partial charge in [-0.25, -0.2) is 4.39 Å². The van der Waals surface area contributed by atoms with Gasteiger partial charge in [-0.15, -0.1) is 0 Å². The van der Waals surface area contributed by atoms with E-state index in [-0.39, 0.29) is 24.6 Å². The Labute approximate surface area is 138 Å². The number of aromatic nitrogens is 2. The van der Waals surface area contributed by atoms with E-state index in [1.165, 1.54) is 16.9 Å². The third kappa shape index (κ3) is 3.23. The third-order valence-corrected chi connectivity index (χ3v) is 4.30. The van der Waals surface area contributed by atoms with Gasteiger partial charge in [-0.1, -0.05) is 6.07 Å². The van der Waals surface area contributed by atoms with E-state index in [0.29, 0.717) is 12.2 Å². The molecule has 0 bridgehead atoms. The lowest BCUT2D eigenvalue weighted by Crippen LogP contribution is -2.38. The highest BCUT2D eigenvalue weighted by Crippen LogP contribution is 2.32. The molecule has 8 heteroatoms. The second-order valence-electron chi connectivity index (χ2n) is 6.07. The van der Waals surface area contributed by atoms with Crippen LogP contribution in [0.5, 0.6) is 0 Å². The van der Waals surface area contributed by atoms with Gasteiger partial charge in [0.1, 0.15) is 18.2 Å². The number of hydrogen-bond acceptors (Lipinski definition) is 5. The molecular weight excluding hydrogens is 315 g/mol. The minimum absolute atomic E-state index is 0.118. The Morgan fingerprint density at radius 2 is 2.25 bits per heavy atom. The molecule has 1 N–H and O–H groups in total. The van der Waals surface area contributed by atoms with E-state index in [9.17, 15) is 19.6 Å². The minimum Gasteiger partial charge on any atom is -0.389 e. The van der Waals surface area contributed by atoms with E-state index in [1.54, 1.807) is 6.07 Å². The molecule has 0 amide bonds. The first kappa shape index (κ1) is 16.4. The Bertz CT molecular complexity index is 762. The van der Waals surface area contributed by atoms with Crippen LogP contribution >= 0.6 is 0 Å². The first-order chi connectivity index (χ1) is 11.5. The van der Waals surface area contributed by atoms with Crippen LogP contribution in [0.1, 0.15) is 17.5 Å². The van der Waals surface area contributed by atoms with Gasteiger partial charge < -0.3 is 10.0 Å². The van der Waals surface area contributed by atoms with E-state index >= 15 is 0 Å². The predicted octanol–water partition coefficient (Wildman–Crippen LogP) is 2.05. The first-order valence-electron chi connectivity index (χ1n) is 7.83. The molecule has 3 rings (SSSR count). The summed E-state index contributed by atoms with van der Waals surface area (Å²) in [5, 5.41) is 24.8. The first-order valence-corrected chi connectivity index (χ1v) is 7.83. The molecule has 0 radical (unpaired) electrons. The number of aliphatic hydroxyl groups is 1. The summed E-state index contributed by atoms with van der Waals surface area (Å²) in [4.78, 5) is 12.0. The average Bonchev–Trinajstić information content (AvgIpc) is 2.99. The zero-order chi connectivity index (χ0) is 17.3. The van der Waals surface area contributed by atoms with Crippen molar-refractivity contribution in [1.82, 2.24) is 9.78 Å². The molecule has 2 aromatic rings. The Morgan fingerprint density at radius 1 is 1.46 bits per heavy atom. The van der Waals surface area contributed by atoms with Gasteiger partial charge in [-0.2, -0.15) is 5.10 Å². The quantitative estimate of drug-likeness (QED) is 0.668. The van der Waals surface area contributed by atoms with Gasteiger partial charge in [0.2, 0.25) is 0 Å². The Hall–Kier alpha value is -2.48. The van der Waals surface area contributed by atoms with Gasteiger partial charge in [-0.05, 0) is 37.0 Å². The lowest BCUT2D eigenvalue weighted by Gasteiger charge is -2.34. The molecule has 7 nitrogen and oxygen atoms in total. The molecule has 1 atom stereocenters. The lowest BCUT2D eigenvalue weighted by atomic mass is 9.96. The molecule has 1 unspecified atom stereocenters. The monoisotopic (exact) mass is 334 g/mol. The van der Waals surface area contributed by atoms with Gasteiger partial charge in [0.25, 0.3) is 0 Å². The van der Waals surface area contributed by atoms with E-state index in [4.69, 9.17) is 0 Å². The van der Waals surface area contributed by atoms with Crippen LogP contribution in [0.4, 0.5) is 15.8 Å². The molecule has 1 aromatic carbocycles. The molecule has 0 spiro atoms. The number of anilines is 1. The van der Waals surface area contributed by atoms with Crippen LogP contribution in [0, 0.1) is 22.9 Å². The maximum atomic E-state index is 14.3. The average molecular weight is 334 g/mol. The van der Waals surface area contributed by atoms with Crippen molar-refractivity contribution in [2.45, 2.75) is 32.4 Å². The van der Waals surface area contributed by atoms with E-state index < -0.39 is 11.0 Å². The number of fused-ring (bicyclic) bond motifs is 1. The molecular formula is C16H19FN4O3. The summed E-state index contributed by atoms with van der Waals surface area (Å²) < 4.78 is 15.6. The number of aliphatic hydroxyl groups excluding tert-OH is 1. The van der Waals surface area contributed by atoms with Crippen molar-refractivity contribution in [1.29, 1.82) is 0 Å². The van der Waals surface area contributed by atoms with Crippen molar-refractivity contribution in [2.75, 3.05) is 18.0 Å². The van der Waals surface area contributed by atoms with Crippen LogP contribution in [-0.2, 0) is 13.0 Å². The Morgan fingerprint density at radius 3 is 2.96 bits per heavy atom. The van der Waals surface area contributed by atoms with Crippen LogP contribution in [-0.4, -0.2) is 39.0 Å². The smallest absolute Gasteiger partial charge is 0.306 e. The van der Waals surface area contributed by atoms with Crippen molar-refractivity contribution in [3.8, 4) is 0 Å². The highest BCUT2D eigenvalue weighted by molar-refractivity contribution is 5.59. The Kier molecular flexibility index (Phi) is 4.48. The van der Waals surface area contributed by atoms with Crippen LogP contribution < -0.4 is 4.90 Å². The lowest BCUT2D eigenvalue weighted by molar-refractivity contribution is -0.385. The summed E-state index contributed by atoms with van der Waals surface area (Å²) in [6, 6.07) is 3.23. The summed E-state index contributed by atoms with van der Waals surface area (Å²) in [6.07, 6.45) is 3.34. The maximum Gasteiger partial charge on any atom is 0.306 e. The van der Waals surface area contributed by atoms with Crippen LogP contribution in [0.25, 0.3) is 0 Å². The number of benzene rings is 1. The molecule has 0 saturated heterocycles. The van der Waals surface area contributed by atoms with Crippen LogP contribution in [0.3, 0.4) is 0 Å². The third-order valence-electron chi connectivity index (χ3n) is 4.30. The topological polar surface area (TPSA) is 84.4 Å². The summed E-state index contributed by atoms with van der Waals surface area (Å²) >= 11 is 0. The fourth-order valence-corrected chi connectivity index (χ4v) is 3.18. The zero-order valence-corrected chi connectivity index (χ0v) is 13.4. The van der Waals surface area contributed by atoms with Crippen LogP contribution in [0.15, 0.2) is 24.5 Å². The summed E-state index contributed by atoms with van der Waals surface area (Å²) in [5.74, 6) is -0.280. The van der Waals surface area contributed by atoms with Crippen molar-refractivity contribution in [3.63, 3.8) is 0 Å². The van der Waals surface area contributed by atoms with Gasteiger partial charge >= 0.3 is 5.69 Å². The molecule has 1 aliphatic rings. The normalized spacial score (nSPS) is 15.2. The summed E-state index contributed by atoms with van der Waals surface area (Å²) in [6.45, 7) is 3.00. The summed E-state index contributed by atoms with van der Waals surface area (Å²) in [7, 11) is 0. The second-order valence-corrected chi connectivity index (χ2v) is 6.07. The molecule has 1 aromatic heterocycles. The molecule has 24 heavy (non-hydrogen) atoms. The molecule has 2 heterocycles. The molecule has 0 fully saturated rings. The van der Waals surface area contributed by atoms with Gasteiger partial charge in [0, 0.05) is 13.1 Å². The number of rotatable bonds is 5. The SMILES string of the molecule is Cc1ccc(F)c2c1CCCN2CC(O)Cn1cc([N+](=O)[O-])cn1. The fraction of sp³-hybridized carbons (Fsp3) is 0.438. The highest BCUT2D eigenvalue weighted by atomic mass is 19.1. The second kappa shape index (κ2) is 6.56. The number of β-amino-alcohol motifs (C(OH)–C–C–N with tert-alkyl or cyclic N) is 1. The van der Waals surface area contributed by atoms with E-state index in [0.717, 1.165) is 30.2 Å². The van der Waals surface area contributed by atoms with Crippen molar-refractivity contribution < 1.29 is 14.4 Å². The van der Waals surface area contributed by atoms with Gasteiger partial charge in [0.05, 0.1) is 23.3 Å². The van der Waals surface area contributed by atoms with E-state index in [1.807, 2.05) is 11.8 Å².